The second kappa shape index (κ2) is 15.0. The fourth-order valence-corrected chi connectivity index (χ4v) is 6.79. The highest BCUT2D eigenvalue weighted by Crippen LogP contribution is 2.40. The number of methoxy groups -OCH3 is 2. The Labute approximate surface area is 294 Å². The molecule has 5 heterocycles. The van der Waals surface area contributed by atoms with Crippen molar-refractivity contribution >= 4 is 40.2 Å². The largest absolute Gasteiger partial charge is 0.497 e. The highest BCUT2D eigenvalue weighted by molar-refractivity contribution is 7.14. The van der Waals surface area contributed by atoms with Gasteiger partial charge in [-0.05, 0) is 48.7 Å². The van der Waals surface area contributed by atoms with Crippen LogP contribution < -0.4 is 24.2 Å². The Morgan fingerprint density at radius 2 is 1.52 bits per heavy atom. The molecule has 2 aliphatic heterocycles. The lowest BCUT2D eigenvalue weighted by Crippen LogP contribution is -2.37. The SMILES string of the molecule is CCOC(=O)c1csc(N2CCc3c(-c4cnc(N(Cc5ccc(OC)cc5)Cc5ccc(OC)cc5)nc4)nc(N4CCOCC4)nc32)n1. The lowest BCUT2D eigenvalue weighted by molar-refractivity contribution is 0.0520. The fraction of sp³-hybridized carbons (Fsp3) is 0.333. The number of hydrogen-bond acceptors (Lipinski definition) is 14. The molecule has 0 spiro atoms. The van der Waals surface area contributed by atoms with Gasteiger partial charge in [-0.1, -0.05) is 24.3 Å². The van der Waals surface area contributed by atoms with Crippen LogP contribution in [0, 0.1) is 0 Å². The van der Waals surface area contributed by atoms with Crippen molar-refractivity contribution in [1.29, 1.82) is 0 Å². The number of fused-ring (bicyclic) bond motifs is 1. The maximum Gasteiger partial charge on any atom is 0.357 e. The molecule has 0 bridgehead atoms. The molecule has 0 radical (unpaired) electrons. The number of morpholine rings is 1. The molecule has 1 fully saturated rings. The van der Waals surface area contributed by atoms with Crippen molar-refractivity contribution in [2.24, 2.45) is 0 Å². The van der Waals surface area contributed by atoms with Gasteiger partial charge < -0.3 is 33.6 Å². The quantitative estimate of drug-likeness (QED) is 0.156. The minimum Gasteiger partial charge on any atom is -0.497 e. The van der Waals surface area contributed by atoms with E-state index in [1.807, 2.05) is 36.7 Å². The van der Waals surface area contributed by atoms with Crippen LogP contribution in [0.15, 0.2) is 66.3 Å². The van der Waals surface area contributed by atoms with Gasteiger partial charge >= 0.3 is 5.97 Å². The molecule has 1 saturated heterocycles. The third-order valence-electron chi connectivity index (χ3n) is 8.58. The van der Waals surface area contributed by atoms with Gasteiger partial charge in [0.15, 0.2) is 10.8 Å². The molecule has 0 amide bonds. The predicted octanol–water partition coefficient (Wildman–Crippen LogP) is 5.32. The second-order valence-electron chi connectivity index (χ2n) is 11.7. The molecule has 14 heteroatoms. The van der Waals surface area contributed by atoms with Crippen molar-refractivity contribution in [2.45, 2.75) is 26.4 Å². The van der Waals surface area contributed by atoms with Gasteiger partial charge in [-0.15, -0.1) is 11.3 Å². The fourth-order valence-electron chi connectivity index (χ4n) is 5.97. The normalized spacial score (nSPS) is 14.0. The lowest BCUT2D eigenvalue weighted by atomic mass is 10.1. The molecule has 2 aliphatic rings. The van der Waals surface area contributed by atoms with Crippen LogP contribution in [0.2, 0.25) is 0 Å². The number of thiazole rings is 1. The van der Waals surface area contributed by atoms with Crippen LogP contribution in [0.4, 0.5) is 22.8 Å². The smallest absolute Gasteiger partial charge is 0.357 e. The topological polar surface area (TPSA) is 128 Å². The number of aromatic nitrogens is 5. The Kier molecular flexibility index (Phi) is 9.98. The van der Waals surface area contributed by atoms with Crippen LogP contribution in [0.5, 0.6) is 11.5 Å². The van der Waals surface area contributed by atoms with Crippen molar-refractivity contribution in [2.75, 3.05) is 68.4 Å². The number of esters is 1. The van der Waals surface area contributed by atoms with Gasteiger partial charge in [0, 0.05) is 61.6 Å². The van der Waals surface area contributed by atoms with Gasteiger partial charge in [-0.2, -0.15) is 4.98 Å². The maximum absolute atomic E-state index is 12.4. The van der Waals surface area contributed by atoms with Crippen molar-refractivity contribution < 1.29 is 23.7 Å². The van der Waals surface area contributed by atoms with Crippen LogP contribution in [0.25, 0.3) is 11.3 Å². The summed E-state index contributed by atoms with van der Waals surface area (Å²) >= 11 is 1.39. The zero-order valence-electron chi connectivity index (χ0n) is 28.2. The van der Waals surface area contributed by atoms with Crippen LogP contribution >= 0.6 is 11.3 Å². The zero-order valence-corrected chi connectivity index (χ0v) is 29.1. The molecular weight excluding hydrogens is 657 g/mol. The first-order chi connectivity index (χ1) is 24.5. The van der Waals surface area contributed by atoms with E-state index in [0.29, 0.717) is 81.7 Å². The van der Waals surface area contributed by atoms with Crippen molar-refractivity contribution in [1.82, 2.24) is 24.9 Å². The van der Waals surface area contributed by atoms with Crippen molar-refractivity contribution in [3.05, 3.63) is 88.7 Å². The molecular formula is C36H38N8O5S. The predicted molar refractivity (Wildman–Crippen MR) is 191 cm³/mol. The highest BCUT2D eigenvalue weighted by atomic mass is 32.1. The van der Waals surface area contributed by atoms with Gasteiger partial charge in [-0.3, -0.25) is 0 Å². The molecule has 0 aliphatic carbocycles. The average molecular weight is 695 g/mol. The zero-order chi connectivity index (χ0) is 34.5. The van der Waals surface area contributed by atoms with Gasteiger partial charge in [0.2, 0.25) is 11.9 Å². The van der Waals surface area contributed by atoms with Gasteiger partial charge in [-0.25, -0.2) is 24.7 Å². The monoisotopic (exact) mass is 694 g/mol. The standard InChI is InChI=1S/C36H38N8O5S/c1-4-49-33(45)30-23-50-36(39-30)44-14-13-29-31(40-35(41-32(29)44)42-15-17-48-18-16-42)26-19-37-34(38-20-26)43(21-24-5-9-27(46-2)10-6-24)22-25-7-11-28(47-3)12-8-25/h5-12,19-20,23H,4,13-18,21-22H2,1-3H3. The number of nitrogens with zero attached hydrogens (tertiary/aromatic N) is 8. The Balaban J connectivity index is 1.22. The summed E-state index contributed by atoms with van der Waals surface area (Å²) < 4.78 is 21.5. The van der Waals surface area contributed by atoms with Crippen molar-refractivity contribution in [3.63, 3.8) is 0 Å². The summed E-state index contributed by atoms with van der Waals surface area (Å²) in [4.78, 5) is 43.2. The van der Waals surface area contributed by atoms with E-state index in [2.05, 4.69) is 43.9 Å². The molecule has 13 nitrogen and oxygen atoms in total. The first kappa shape index (κ1) is 33.2. The number of rotatable bonds is 12. The summed E-state index contributed by atoms with van der Waals surface area (Å²) in [6, 6.07) is 16.0. The number of carbonyl (C=O) groups is 1. The van der Waals surface area contributed by atoms with E-state index in [0.717, 1.165) is 45.3 Å². The van der Waals surface area contributed by atoms with Gasteiger partial charge in [0.25, 0.3) is 0 Å². The van der Waals surface area contributed by atoms with Gasteiger partial charge in [0.1, 0.15) is 17.3 Å². The Morgan fingerprint density at radius 3 is 2.12 bits per heavy atom. The number of carbonyl (C=O) groups excluding carboxylic acids is 1. The van der Waals surface area contributed by atoms with E-state index in [1.54, 1.807) is 26.5 Å². The third-order valence-corrected chi connectivity index (χ3v) is 9.44. The summed E-state index contributed by atoms with van der Waals surface area (Å²) in [5, 5.41) is 2.41. The lowest BCUT2D eigenvalue weighted by Gasteiger charge is -2.28. The first-order valence-corrected chi connectivity index (χ1v) is 17.4. The van der Waals surface area contributed by atoms with E-state index < -0.39 is 5.97 Å². The minimum atomic E-state index is -0.433. The van der Waals surface area contributed by atoms with Crippen LogP contribution in [0.1, 0.15) is 34.1 Å². The minimum absolute atomic E-state index is 0.291. The number of ether oxygens (including phenoxy) is 4. The van der Waals surface area contributed by atoms with E-state index in [4.69, 9.17) is 38.9 Å². The molecule has 5 aromatic rings. The van der Waals surface area contributed by atoms with E-state index in [9.17, 15) is 4.79 Å². The highest BCUT2D eigenvalue weighted by Gasteiger charge is 2.31. The molecule has 50 heavy (non-hydrogen) atoms. The Bertz CT molecular complexity index is 1870. The summed E-state index contributed by atoms with van der Waals surface area (Å²) in [7, 11) is 3.33. The summed E-state index contributed by atoms with van der Waals surface area (Å²) in [5.74, 6) is 3.15. The Hall–Kier alpha value is -5.34. The molecule has 3 aromatic heterocycles. The number of benzene rings is 2. The average Bonchev–Trinajstić information content (AvgIpc) is 3.83. The van der Waals surface area contributed by atoms with Crippen LogP contribution in [0.3, 0.4) is 0 Å². The molecule has 2 aromatic carbocycles. The summed E-state index contributed by atoms with van der Waals surface area (Å²) in [6.07, 6.45) is 4.38. The molecule has 7 rings (SSSR count). The molecule has 0 saturated carbocycles. The maximum atomic E-state index is 12.4. The third kappa shape index (κ3) is 7.16. The second-order valence-corrected chi connectivity index (χ2v) is 12.6. The molecule has 0 unspecified atom stereocenters. The first-order valence-electron chi connectivity index (χ1n) is 16.5. The van der Waals surface area contributed by atoms with E-state index in [-0.39, 0.29) is 0 Å². The summed E-state index contributed by atoms with van der Waals surface area (Å²) in [5.41, 5.74) is 5.06. The number of hydrogen-bond donors (Lipinski definition) is 0. The number of anilines is 4. The van der Waals surface area contributed by atoms with Gasteiger partial charge in [0.05, 0.1) is 39.7 Å². The van der Waals surface area contributed by atoms with E-state index >= 15 is 0 Å². The molecule has 0 atom stereocenters. The van der Waals surface area contributed by atoms with Crippen LogP contribution in [-0.4, -0.2) is 84.6 Å². The van der Waals surface area contributed by atoms with E-state index in [1.165, 1.54) is 11.3 Å². The molecule has 0 N–H and O–H groups in total. The Morgan fingerprint density at radius 1 is 0.880 bits per heavy atom. The summed E-state index contributed by atoms with van der Waals surface area (Å²) in [6.45, 7) is 6.48. The van der Waals surface area contributed by atoms with Crippen LogP contribution in [-0.2, 0) is 29.0 Å². The molecule has 258 valence electrons. The van der Waals surface area contributed by atoms with Crippen molar-refractivity contribution in [3.8, 4) is 22.8 Å².